The molecule has 2 aromatic rings. The molecule has 2 aliphatic heterocycles. The van der Waals surface area contributed by atoms with Gasteiger partial charge in [-0.1, -0.05) is 23.9 Å². The van der Waals surface area contributed by atoms with Gasteiger partial charge >= 0.3 is 6.18 Å². The first kappa shape index (κ1) is 21.0. The van der Waals surface area contributed by atoms with E-state index >= 15 is 0 Å². The lowest BCUT2D eigenvalue weighted by molar-refractivity contribution is -0.137. The molecule has 1 atom stereocenters. The van der Waals surface area contributed by atoms with E-state index in [0.29, 0.717) is 36.8 Å². The Hall–Kier alpha value is -2.27. The Labute approximate surface area is 175 Å². The fourth-order valence-corrected chi connectivity index (χ4v) is 4.59. The van der Waals surface area contributed by atoms with Gasteiger partial charge in [-0.15, -0.1) is 0 Å². The lowest BCUT2D eigenvalue weighted by Crippen LogP contribution is -2.53. The van der Waals surface area contributed by atoms with Crippen molar-refractivity contribution in [3.8, 4) is 0 Å². The third-order valence-electron chi connectivity index (χ3n) is 5.01. The minimum Gasteiger partial charge on any atom is -0.378 e. The number of nitrogens with one attached hydrogen (secondary N) is 2. The van der Waals surface area contributed by atoms with E-state index in [9.17, 15) is 18.0 Å². The van der Waals surface area contributed by atoms with Gasteiger partial charge in [0.05, 0.1) is 35.8 Å². The van der Waals surface area contributed by atoms with Gasteiger partial charge in [0.25, 0.3) is 0 Å². The molecule has 1 fully saturated rings. The summed E-state index contributed by atoms with van der Waals surface area (Å²) < 4.78 is 45.9. The first-order valence-corrected chi connectivity index (χ1v) is 10.3. The van der Waals surface area contributed by atoms with Crippen LogP contribution in [0.1, 0.15) is 5.56 Å². The number of rotatable bonds is 4. The van der Waals surface area contributed by atoms with Crippen LogP contribution >= 0.6 is 11.8 Å². The van der Waals surface area contributed by atoms with Gasteiger partial charge in [0.1, 0.15) is 6.04 Å². The molecular formula is C20H21F3N4O2S. The van der Waals surface area contributed by atoms with Crippen LogP contribution in [0.3, 0.4) is 0 Å². The summed E-state index contributed by atoms with van der Waals surface area (Å²) in [4.78, 5) is 16.1. The Morgan fingerprint density at radius 1 is 1.30 bits per heavy atom. The number of anilines is 3. The van der Waals surface area contributed by atoms with Crippen LogP contribution < -0.4 is 16.4 Å². The molecule has 160 valence electrons. The molecule has 0 unspecified atom stereocenters. The fraction of sp³-hybridized carbons (Fsp3) is 0.350. The Balaban J connectivity index is 1.68. The van der Waals surface area contributed by atoms with Crippen molar-refractivity contribution in [3.05, 3.63) is 42.0 Å². The second-order valence-electron chi connectivity index (χ2n) is 7.02. The molecule has 6 nitrogen and oxygen atoms in total. The van der Waals surface area contributed by atoms with Crippen molar-refractivity contribution >= 4 is 34.7 Å². The summed E-state index contributed by atoms with van der Waals surface area (Å²) in [6.07, 6.45) is -4.54. The number of nitrogens with two attached hydrogens (primary N) is 1. The number of amides is 1. The lowest BCUT2D eigenvalue weighted by atomic mass is 10.1. The van der Waals surface area contributed by atoms with E-state index in [2.05, 4.69) is 10.6 Å². The molecule has 4 rings (SSSR count). The van der Waals surface area contributed by atoms with Gasteiger partial charge in [-0.2, -0.15) is 13.2 Å². The average molecular weight is 438 g/mol. The van der Waals surface area contributed by atoms with Gasteiger partial charge in [0.15, 0.2) is 0 Å². The van der Waals surface area contributed by atoms with Crippen LogP contribution in [-0.4, -0.2) is 49.7 Å². The predicted molar refractivity (Wildman–Crippen MR) is 109 cm³/mol. The van der Waals surface area contributed by atoms with Crippen LogP contribution in [0.2, 0.25) is 0 Å². The van der Waals surface area contributed by atoms with E-state index in [0.717, 1.165) is 22.7 Å². The van der Waals surface area contributed by atoms with E-state index in [-0.39, 0.29) is 12.3 Å². The van der Waals surface area contributed by atoms with Crippen LogP contribution in [0.15, 0.2) is 46.2 Å². The number of hydrogen-bond acceptors (Lipinski definition) is 6. The number of carbonyl (C=O) groups excluding carboxylic acids is 1. The van der Waals surface area contributed by atoms with E-state index in [1.54, 1.807) is 0 Å². The Bertz CT molecular complexity index is 952. The van der Waals surface area contributed by atoms with Gasteiger partial charge in [-0.05, 0) is 24.3 Å². The summed E-state index contributed by atoms with van der Waals surface area (Å²) in [7, 11) is 0. The quantitative estimate of drug-likeness (QED) is 0.579. The third-order valence-corrected chi connectivity index (χ3v) is 6.13. The van der Waals surface area contributed by atoms with Gasteiger partial charge in [-0.25, -0.2) is 0 Å². The van der Waals surface area contributed by atoms with Crippen molar-refractivity contribution < 1.29 is 22.7 Å². The van der Waals surface area contributed by atoms with Crippen LogP contribution in [0.25, 0.3) is 0 Å². The first-order valence-electron chi connectivity index (χ1n) is 9.48. The fourth-order valence-electron chi connectivity index (χ4n) is 3.53. The standard InChI is InChI=1S/C20H21F3N4O2S/c21-20(22,23)12-9-14(26-19(28)15-11-29-8-7-27(15)6-5-24)18-17(10-12)30-16-4-2-1-3-13(16)25-18/h1-4,9-10,15,25H,5-8,11,24H2,(H,26,28)/t15-/m0/s1. The Morgan fingerprint density at radius 3 is 2.87 bits per heavy atom. The SMILES string of the molecule is NCCN1CCOC[C@H]1C(=O)Nc1cc(C(F)(F)F)cc2c1Nc1ccccc1S2. The molecule has 0 saturated carbocycles. The van der Waals surface area contributed by atoms with Crippen molar-refractivity contribution in [3.63, 3.8) is 0 Å². The molecule has 0 radical (unpaired) electrons. The number of para-hydroxylation sites is 1. The van der Waals surface area contributed by atoms with Crippen LogP contribution in [0, 0.1) is 0 Å². The number of ether oxygens (including phenoxy) is 1. The number of morpholine rings is 1. The molecule has 2 aliphatic rings. The molecule has 4 N–H and O–H groups in total. The van der Waals surface area contributed by atoms with Gasteiger partial charge in [0, 0.05) is 29.4 Å². The molecule has 10 heteroatoms. The molecule has 0 bridgehead atoms. The monoisotopic (exact) mass is 438 g/mol. The molecule has 30 heavy (non-hydrogen) atoms. The highest BCUT2D eigenvalue weighted by molar-refractivity contribution is 7.99. The average Bonchev–Trinajstić information content (AvgIpc) is 2.72. The zero-order valence-electron chi connectivity index (χ0n) is 16.0. The van der Waals surface area contributed by atoms with Crippen molar-refractivity contribution in [1.29, 1.82) is 0 Å². The smallest absolute Gasteiger partial charge is 0.378 e. The predicted octanol–water partition coefficient (Wildman–Crippen LogP) is 3.51. The molecular weight excluding hydrogens is 417 g/mol. The van der Waals surface area contributed by atoms with Gasteiger partial charge < -0.3 is 21.1 Å². The number of halogens is 3. The van der Waals surface area contributed by atoms with Crippen molar-refractivity contribution in [2.24, 2.45) is 5.73 Å². The molecule has 1 amide bonds. The highest BCUT2D eigenvalue weighted by atomic mass is 32.2. The van der Waals surface area contributed by atoms with E-state index in [4.69, 9.17) is 10.5 Å². The molecule has 2 heterocycles. The zero-order chi connectivity index (χ0) is 21.3. The first-order chi connectivity index (χ1) is 14.4. The Kier molecular flexibility index (Phi) is 5.92. The summed E-state index contributed by atoms with van der Waals surface area (Å²) in [6.45, 7) is 2.06. The lowest BCUT2D eigenvalue weighted by Gasteiger charge is -2.34. The number of nitrogens with zero attached hydrogens (tertiary/aromatic N) is 1. The van der Waals surface area contributed by atoms with Gasteiger partial charge in [-0.3, -0.25) is 9.69 Å². The van der Waals surface area contributed by atoms with E-state index in [1.807, 2.05) is 29.2 Å². The number of benzene rings is 2. The summed E-state index contributed by atoms with van der Waals surface area (Å²) in [5.74, 6) is -0.421. The topological polar surface area (TPSA) is 79.6 Å². The second-order valence-corrected chi connectivity index (χ2v) is 8.11. The second kappa shape index (κ2) is 8.46. The van der Waals surface area contributed by atoms with Crippen LogP contribution in [0.5, 0.6) is 0 Å². The molecule has 0 spiro atoms. The summed E-state index contributed by atoms with van der Waals surface area (Å²) in [6, 6.07) is 8.78. The molecule has 0 aliphatic carbocycles. The minimum atomic E-state index is -4.54. The number of fused-ring (bicyclic) bond motifs is 2. The zero-order valence-corrected chi connectivity index (χ0v) is 16.8. The largest absolute Gasteiger partial charge is 0.416 e. The number of carbonyl (C=O) groups is 1. The van der Waals surface area contributed by atoms with Crippen molar-refractivity contribution in [1.82, 2.24) is 4.90 Å². The van der Waals surface area contributed by atoms with E-state index in [1.165, 1.54) is 11.8 Å². The molecule has 2 aromatic carbocycles. The highest BCUT2D eigenvalue weighted by Crippen LogP contribution is 2.49. The summed E-state index contributed by atoms with van der Waals surface area (Å²) in [5, 5.41) is 5.86. The van der Waals surface area contributed by atoms with Crippen LogP contribution in [0.4, 0.5) is 30.2 Å². The summed E-state index contributed by atoms with van der Waals surface area (Å²) >= 11 is 1.23. The number of hydrogen-bond donors (Lipinski definition) is 3. The van der Waals surface area contributed by atoms with Crippen molar-refractivity contribution in [2.45, 2.75) is 22.0 Å². The van der Waals surface area contributed by atoms with Crippen LogP contribution in [-0.2, 0) is 15.7 Å². The normalized spacial score (nSPS) is 18.9. The summed E-state index contributed by atoms with van der Waals surface area (Å²) in [5.41, 5.74) is 6.12. The maximum absolute atomic E-state index is 13.5. The van der Waals surface area contributed by atoms with E-state index < -0.39 is 23.7 Å². The maximum Gasteiger partial charge on any atom is 0.416 e. The van der Waals surface area contributed by atoms with Crippen molar-refractivity contribution in [2.75, 3.05) is 43.5 Å². The Morgan fingerprint density at radius 2 is 2.10 bits per heavy atom. The molecule has 0 aromatic heterocycles. The van der Waals surface area contributed by atoms with Gasteiger partial charge in [0.2, 0.25) is 5.91 Å². The maximum atomic E-state index is 13.5. The third kappa shape index (κ3) is 4.27. The minimum absolute atomic E-state index is 0.0881. The molecule has 1 saturated heterocycles. The number of alkyl halides is 3. The highest BCUT2D eigenvalue weighted by Gasteiger charge is 2.35.